The summed E-state index contributed by atoms with van der Waals surface area (Å²) in [5.74, 6) is 1.39. The van der Waals surface area contributed by atoms with Crippen molar-refractivity contribution in [2.45, 2.75) is 26.7 Å². The highest BCUT2D eigenvalue weighted by molar-refractivity contribution is 7.07. The van der Waals surface area contributed by atoms with E-state index in [2.05, 4.69) is 30.7 Å². The van der Waals surface area contributed by atoms with Crippen LogP contribution in [0.25, 0.3) is 0 Å². The van der Waals surface area contributed by atoms with E-state index in [0.29, 0.717) is 5.92 Å². The zero-order valence-electron chi connectivity index (χ0n) is 8.49. The molecular weight excluding hydrogens is 178 g/mol. The van der Waals surface area contributed by atoms with Crippen LogP contribution in [0.5, 0.6) is 0 Å². The Bertz CT molecular complexity index is 218. The minimum atomic E-state index is 0.652. The van der Waals surface area contributed by atoms with Gasteiger partial charge < -0.3 is 5.73 Å². The second-order valence-corrected chi connectivity index (χ2v) is 4.64. The van der Waals surface area contributed by atoms with Crippen molar-refractivity contribution in [3.63, 3.8) is 0 Å². The van der Waals surface area contributed by atoms with Gasteiger partial charge in [0.15, 0.2) is 0 Å². The van der Waals surface area contributed by atoms with E-state index in [9.17, 15) is 0 Å². The molecule has 0 saturated heterocycles. The smallest absolute Gasteiger partial charge is 0.00490 e. The fourth-order valence-electron chi connectivity index (χ4n) is 1.35. The van der Waals surface area contributed by atoms with Crippen LogP contribution in [0.1, 0.15) is 25.8 Å². The molecule has 1 aromatic rings. The zero-order valence-corrected chi connectivity index (χ0v) is 9.31. The summed E-state index contributed by atoms with van der Waals surface area (Å²) in [6.45, 7) is 5.34. The Morgan fingerprint density at radius 2 is 2.15 bits per heavy atom. The molecule has 1 heterocycles. The standard InChI is InChI=1S/C11H19NS/c1-9(10(2)7-12)3-4-11-5-6-13-8-11/h5-6,8-10H,3-4,7,12H2,1-2H3. The minimum absolute atomic E-state index is 0.652. The molecule has 2 N–H and O–H groups in total. The van der Waals surface area contributed by atoms with Crippen molar-refractivity contribution in [1.29, 1.82) is 0 Å². The molecule has 0 fully saturated rings. The summed E-state index contributed by atoms with van der Waals surface area (Å²) in [6, 6.07) is 2.21. The summed E-state index contributed by atoms with van der Waals surface area (Å²) in [7, 11) is 0. The molecular formula is C11H19NS. The van der Waals surface area contributed by atoms with Crippen molar-refractivity contribution >= 4 is 11.3 Å². The molecule has 0 amide bonds. The van der Waals surface area contributed by atoms with Gasteiger partial charge in [0.1, 0.15) is 0 Å². The predicted octanol–water partition coefficient (Wildman–Crippen LogP) is 2.91. The third-order valence-electron chi connectivity index (χ3n) is 2.81. The van der Waals surface area contributed by atoms with Crippen LogP contribution in [-0.2, 0) is 6.42 Å². The quantitative estimate of drug-likeness (QED) is 0.771. The average Bonchev–Trinajstić information content (AvgIpc) is 2.65. The first-order valence-corrected chi connectivity index (χ1v) is 5.89. The molecule has 2 heteroatoms. The van der Waals surface area contributed by atoms with Gasteiger partial charge in [-0.25, -0.2) is 0 Å². The highest BCUT2D eigenvalue weighted by atomic mass is 32.1. The van der Waals surface area contributed by atoms with Gasteiger partial charge in [0.05, 0.1) is 0 Å². The lowest BCUT2D eigenvalue weighted by molar-refractivity contribution is 0.373. The van der Waals surface area contributed by atoms with Gasteiger partial charge in [-0.3, -0.25) is 0 Å². The van der Waals surface area contributed by atoms with Gasteiger partial charge in [-0.15, -0.1) is 0 Å². The normalized spacial score (nSPS) is 15.6. The van der Waals surface area contributed by atoms with Gasteiger partial charge in [0.25, 0.3) is 0 Å². The van der Waals surface area contributed by atoms with Gasteiger partial charge in [-0.05, 0) is 53.6 Å². The highest BCUT2D eigenvalue weighted by Gasteiger charge is 2.09. The van der Waals surface area contributed by atoms with E-state index in [0.717, 1.165) is 12.5 Å². The maximum atomic E-state index is 5.62. The number of nitrogens with two attached hydrogens (primary N) is 1. The monoisotopic (exact) mass is 197 g/mol. The van der Waals surface area contributed by atoms with Crippen LogP contribution in [0.15, 0.2) is 16.8 Å². The molecule has 0 aliphatic heterocycles. The zero-order chi connectivity index (χ0) is 9.68. The SMILES string of the molecule is CC(CN)C(C)CCc1ccsc1. The van der Waals surface area contributed by atoms with Gasteiger partial charge in [-0.1, -0.05) is 13.8 Å². The van der Waals surface area contributed by atoms with Crippen molar-refractivity contribution in [2.75, 3.05) is 6.54 Å². The molecule has 0 radical (unpaired) electrons. The Morgan fingerprint density at radius 3 is 2.69 bits per heavy atom. The third-order valence-corrected chi connectivity index (χ3v) is 3.54. The number of aryl methyl sites for hydroxylation is 1. The van der Waals surface area contributed by atoms with Crippen molar-refractivity contribution in [2.24, 2.45) is 17.6 Å². The minimum Gasteiger partial charge on any atom is -0.330 e. The second-order valence-electron chi connectivity index (χ2n) is 3.86. The highest BCUT2D eigenvalue weighted by Crippen LogP contribution is 2.17. The fourth-order valence-corrected chi connectivity index (χ4v) is 2.05. The van der Waals surface area contributed by atoms with Crippen molar-refractivity contribution in [3.05, 3.63) is 22.4 Å². The van der Waals surface area contributed by atoms with Crippen LogP contribution in [-0.4, -0.2) is 6.54 Å². The fraction of sp³-hybridized carbons (Fsp3) is 0.636. The molecule has 0 spiro atoms. The molecule has 0 saturated carbocycles. The Morgan fingerprint density at radius 1 is 1.38 bits per heavy atom. The van der Waals surface area contributed by atoms with Crippen LogP contribution >= 0.6 is 11.3 Å². The molecule has 13 heavy (non-hydrogen) atoms. The van der Waals surface area contributed by atoms with Crippen LogP contribution in [0.2, 0.25) is 0 Å². The van der Waals surface area contributed by atoms with Crippen molar-refractivity contribution < 1.29 is 0 Å². The molecule has 1 nitrogen and oxygen atoms in total. The molecule has 0 bridgehead atoms. The molecule has 2 unspecified atom stereocenters. The molecule has 0 aromatic carbocycles. The van der Waals surface area contributed by atoms with Crippen LogP contribution in [0, 0.1) is 11.8 Å². The first kappa shape index (κ1) is 10.7. The summed E-state index contributed by atoms with van der Waals surface area (Å²) in [4.78, 5) is 0. The van der Waals surface area contributed by atoms with E-state index in [-0.39, 0.29) is 0 Å². The summed E-state index contributed by atoms with van der Waals surface area (Å²) in [6.07, 6.45) is 2.46. The number of hydrogen-bond acceptors (Lipinski definition) is 2. The molecule has 2 atom stereocenters. The Kier molecular flexibility index (Phi) is 4.46. The van der Waals surface area contributed by atoms with Gasteiger partial charge in [0, 0.05) is 0 Å². The van der Waals surface area contributed by atoms with E-state index in [4.69, 9.17) is 5.73 Å². The second kappa shape index (κ2) is 5.40. The van der Waals surface area contributed by atoms with E-state index in [1.54, 1.807) is 11.3 Å². The third kappa shape index (κ3) is 3.49. The van der Waals surface area contributed by atoms with Crippen LogP contribution < -0.4 is 5.73 Å². The summed E-state index contributed by atoms with van der Waals surface area (Å²) in [5, 5.41) is 4.38. The first-order valence-electron chi connectivity index (χ1n) is 4.95. The van der Waals surface area contributed by atoms with E-state index in [1.807, 2.05) is 0 Å². The lowest BCUT2D eigenvalue weighted by atomic mass is 9.91. The van der Waals surface area contributed by atoms with E-state index in [1.165, 1.54) is 18.4 Å². The van der Waals surface area contributed by atoms with E-state index >= 15 is 0 Å². The largest absolute Gasteiger partial charge is 0.330 e. The number of rotatable bonds is 5. The molecule has 1 aromatic heterocycles. The average molecular weight is 197 g/mol. The molecule has 74 valence electrons. The van der Waals surface area contributed by atoms with Crippen LogP contribution in [0.3, 0.4) is 0 Å². The topological polar surface area (TPSA) is 26.0 Å². The number of hydrogen-bond donors (Lipinski definition) is 1. The van der Waals surface area contributed by atoms with Gasteiger partial charge in [0.2, 0.25) is 0 Å². The van der Waals surface area contributed by atoms with Crippen molar-refractivity contribution in [3.8, 4) is 0 Å². The Hall–Kier alpha value is -0.340. The van der Waals surface area contributed by atoms with Gasteiger partial charge in [-0.2, -0.15) is 11.3 Å². The maximum absolute atomic E-state index is 5.62. The maximum Gasteiger partial charge on any atom is -0.00490 e. The summed E-state index contributed by atoms with van der Waals surface area (Å²) in [5.41, 5.74) is 7.10. The lowest BCUT2D eigenvalue weighted by Crippen LogP contribution is -2.18. The number of thiophene rings is 1. The molecule has 0 aliphatic carbocycles. The van der Waals surface area contributed by atoms with Crippen molar-refractivity contribution in [1.82, 2.24) is 0 Å². The lowest BCUT2D eigenvalue weighted by Gasteiger charge is -2.17. The molecule has 0 aliphatic rings. The molecule has 1 rings (SSSR count). The first-order chi connectivity index (χ1) is 6.24. The van der Waals surface area contributed by atoms with Crippen LogP contribution in [0.4, 0.5) is 0 Å². The van der Waals surface area contributed by atoms with E-state index < -0.39 is 0 Å². The predicted molar refractivity (Wildman–Crippen MR) is 60.0 cm³/mol. The Balaban J connectivity index is 2.26. The van der Waals surface area contributed by atoms with Gasteiger partial charge >= 0.3 is 0 Å². The Labute approximate surface area is 85.0 Å². The summed E-state index contributed by atoms with van der Waals surface area (Å²) >= 11 is 1.78. The summed E-state index contributed by atoms with van der Waals surface area (Å²) < 4.78 is 0.